The fraction of sp³-hybridized carbons (Fsp3) is 0.487. The van der Waals surface area contributed by atoms with Crippen LogP contribution in [0.3, 0.4) is 0 Å². The fourth-order valence-corrected chi connectivity index (χ4v) is 6.08. The molecular weight excluding hydrogens is 587 g/mol. The number of nitrogens with zero attached hydrogens (tertiary/aromatic N) is 2. The first kappa shape index (κ1) is 37.3. The number of hydrogen-bond acceptors (Lipinski definition) is 4. The predicted octanol–water partition coefficient (Wildman–Crippen LogP) is 9.89. The molecule has 0 spiro atoms. The van der Waals surface area contributed by atoms with E-state index in [0.717, 1.165) is 41.1 Å². The molecule has 1 aliphatic rings. The summed E-state index contributed by atoms with van der Waals surface area (Å²) >= 11 is 0. The second-order valence-corrected chi connectivity index (χ2v) is 14.4. The van der Waals surface area contributed by atoms with Crippen molar-refractivity contribution in [1.82, 2.24) is 0 Å². The summed E-state index contributed by atoms with van der Waals surface area (Å²) < 4.78 is 0. The van der Waals surface area contributed by atoms with Crippen LogP contribution in [0.4, 0.5) is 11.4 Å². The Hall–Kier alpha value is -2.91. The molecule has 240 valence electrons. The summed E-state index contributed by atoms with van der Waals surface area (Å²) in [4.78, 5) is 9.30. The van der Waals surface area contributed by atoms with E-state index in [0.29, 0.717) is 11.5 Å². The van der Waals surface area contributed by atoms with Crippen LogP contribution < -0.4 is 10.2 Å². The first-order chi connectivity index (χ1) is 20.0. The second-order valence-electron chi connectivity index (χ2n) is 14.4. The quantitative estimate of drug-likeness (QED) is 0.211. The van der Waals surface area contributed by atoms with E-state index in [-0.39, 0.29) is 38.8 Å². The smallest absolute Gasteiger partial charge is 0.873 e. The molecule has 0 amide bonds. The van der Waals surface area contributed by atoms with E-state index in [2.05, 4.69) is 75.2 Å². The van der Waals surface area contributed by atoms with E-state index < -0.39 is 0 Å². The van der Waals surface area contributed by atoms with Gasteiger partial charge in [-0.15, -0.1) is 11.5 Å². The van der Waals surface area contributed by atoms with E-state index in [1.807, 2.05) is 54.7 Å². The predicted molar refractivity (Wildman–Crippen MR) is 181 cm³/mol. The van der Waals surface area contributed by atoms with E-state index in [1.165, 1.54) is 41.5 Å². The second kappa shape index (κ2) is 15.4. The number of benzene rings is 3. The van der Waals surface area contributed by atoms with Gasteiger partial charge in [-0.05, 0) is 97.6 Å². The molecule has 3 aromatic carbocycles. The third-order valence-corrected chi connectivity index (χ3v) is 8.42. The maximum absolute atomic E-state index is 12.8. The molecule has 0 heterocycles. The fourth-order valence-electron chi connectivity index (χ4n) is 6.08. The Balaban J connectivity index is 0.000000300. The molecule has 0 atom stereocenters. The van der Waals surface area contributed by atoms with Gasteiger partial charge in [-0.2, -0.15) is 0 Å². The van der Waals surface area contributed by atoms with Crippen molar-refractivity contribution in [3.05, 3.63) is 81.4 Å². The molecule has 3 aromatic rings. The van der Waals surface area contributed by atoms with Gasteiger partial charge in [-0.25, -0.2) is 0 Å². The van der Waals surface area contributed by atoms with Crippen molar-refractivity contribution in [2.75, 3.05) is 0 Å². The van der Waals surface area contributed by atoms with E-state index in [1.54, 1.807) is 0 Å². The van der Waals surface area contributed by atoms with Crippen LogP contribution in [0.1, 0.15) is 125 Å². The normalized spacial score (nSPS) is 14.7. The minimum atomic E-state index is -0.294. The minimum absolute atomic E-state index is 0. The maximum atomic E-state index is 12.8. The zero-order chi connectivity index (χ0) is 32.1. The van der Waals surface area contributed by atoms with Crippen LogP contribution in [0, 0.1) is 27.7 Å². The number of para-hydroxylation sites is 2. The molecule has 1 saturated carbocycles. The van der Waals surface area contributed by atoms with Crippen LogP contribution in [-0.4, -0.2) is 11.9 Å². The van der Waals surface area contributed by atoms with Gasteiger partial charge in [-0.3, -0.25) is 9.98 Å². The number of hydrogen-bond donors (Lipinski definition) is 0. The maximum Gasteiger partial charge on any atom is 2.00 e. The third-order valence-electron chi connectivity index (χ3n) is 8.42. The Bertz CT molecular complexity index is 1440. The first-order valence-electron chi connectivity index (χ1n) is 15.8. The summed E-state index contributed by atoms with van der Waals surface area (Å²) in [5, 5.41) is 25.4. The average Bonchev–Trinajstić information content (AvgIpc) is 2.91. The van der Waals surface area contributed by atoms with Gasteiger partial charge in [0.1, 0.15) is 0 Å². The van der Waals surface area contributed by atoms with Crippen molar-refractivity contribution in [3.63, 3.8) is 0 Å². The van der Waals surface area contributed by atoms with Gasteiger partial charge >= 0.3 is 16.5 Å². The molecule has 4 rings (SSSR count). The summed E-state index contributed by atoms with van der Waals surface area (Å²) in [6.45, 7) is 22.5. The van der Waals surface area contributed by atoms with Crippen LogP contribution in [0.5, 0.6) is 11.5 Å². The molecule has 0 bridgehead atoms. The molecule has 0 saturated heterocycles. The van der Waals surface area contributed by atoms with Crippen molar-refractivity contribution in [2.45, 2.75) is 125 Å². The molecular formula is C39H52N2NiO2. The molecule has 0 radical (unpaired) electrons. The first-order valence-corrected chi connectivity index (χ1v) is 15.8. The zero-order valence-corrected chi connectivity index (χ0v) is 29.7. The SMILES string of the molecule is CC(C)(C)c1cc(C2CCCCC2)c(C(C)(C)C)c([O-])c1[O-].CC(C=Nc1c(C)cccc1C)=Nc1c(C)cccc1C.[Ni+2]. The van der Waals surface area contributed by atoms with Gasteiger partial charge in [0.25, 0.3) is 0 Å². The Kier molecular flexibility index (Phi) is 13.0. The molecule has 0 N–H and O–H groups in total. The molecule has 1 aliphatic carbocycles. The zero-order valence-electron chi connectivity index (χ0n) is 28.8. The third kappa shape index (κ3) is 9.30. The topological polar surface area (TPSA) is 70.8 Å². The van der Waals surface area contributed by atoms with Crippen molar-refractivity contribution in [2.24, 2.45) is 9.98 Å². The van der Waals surface area contributed by atoms with Crippen LogP contribution in [0.15, 0.2) is 52.4 Å². The summed E-state index contributed by atoms with van der Waals surface area (Å²) in [6.07, 6.45) is 7.88. The molecule has 44 heavy (non-hydrogen) atoms. The van der Waals surface area contributed by atoms with Crippen LogP contribution in [0.2, 0.25) is 0 Å². The number of aliphatic imine (C=N–C) groups is 2. The van der Waals surface area contributed by atoms with Crippen molar-refractivity contribution in [3.8, 4) is 11.5 Å². The summed E-state index contributed by atoms with van der Waals surface area (Å²) in [5.41, 5.74) is 9.79. The van der Waals surface area contributed by atoms with E-state index in [9.17, 15) is 10.2 Å². The molecule has 5 heteroatoms. The van der Waals surface area contributed by atoms with E-state index >= 15 is 0 Å². The van der Waals surface area contributed by atoms with Gasteiger partial charge in [0.2, 0.25) is 0 Å². The summed E-state index contributed by atoms with van der Waals surface area (Å²) in [6, 6.07) is 14.5. The van der Waals surface area contributed by atoms with Crippen LogP contribution in [0.25, 0.3) is 0 Å². The monoisotopic (exact) mass is 638 g/mol. The molecule has 0 unspecified atom stereocenters. The van der Waals surface area contributed by atoms with Gasteiger partial charge in [0.05, 0.1) is 17.1 Å². The molecule has 1 fully saturated rings. The van der Waals surface area contributed by atoms with Crippen molar-refractivity contribution >= 4 is 23.3 Å². The van der Waals surface area contributed by atoms with Crippen LogP contribution in [-0.2, 0) is 27.3 Å². The van der Waals surface area contributed by atoms with E-state index in [4.69, 9.17) is 4.99 Å². The molecule has 0 aromatic heterocycles. The minimum Gasteiger partial charge on any atom is -0.873 e. The molecule has 4 nitrogen and oxygen atoms in total. The molecule has 0 aliphatic heterocycles. The largest absolute Gasteiger partial charge is 2.00 e. The standard InChI is InChI=1S/C20H32O2.C19H22N2.Ni/c1-19(2,3)15-12-14(13-10-8-7-9-11-13)16(20(4,5)6)18(22)17(15)21;1-13-8-6-9-14(2)18(13)20-12-17(5)21-19-15(3)10-7-11-16(19)4;/h12-13,21-22H,7-11H2,1-6H3;6-12H,1-5H3;/q;;+2/p-2. The van der Waals surface area contributed by atoms with Gasteiger partial charge < -0.3 is 10.2 Å². The van der Waals surface area contributed by atoms with Crippen LogP contribution >= 0.6 is 0 Å². The van der Waals surface area contributed by atoms with Gasteiger partial charge in [0.15, 0.2) is 0 Å². The Morgan fingerprint density at radius 1 is 0.727 bits per heavy atom. The van der Waals surface area contributed by atoms with Crippen molar-refractivity contribution in [1.29, 1.82) is 0 Å². The Morgan fingerprint density at radius 2 is 1.20 bits per heavy atom. The summed E-state index contributed by atoms with van der Waals surface area (Å²) in [5.74, 6) is -0.116. The number of rotatable bonds is 4. The van der Waals surface area contributed by atoms with Gasteiger partial charge in [-0.1, -0.05) is 109 Å². The Labute approximate surface area is 277 Å². The number of aryl methyl sites for hydroxylation is 4. The van der Waals surface area contributed by atoms with Crippen molar-refractivity contribution < 1.29 is 26.7 Å². The average molecular weight is 640 g/mol. The Morgan fingerprint density at radius 3 is 1.66 bits per heavy atom. The summed E-state index contributed by atoms with van der Waals surface area (Å²) in [7, 11) is 0. The van der Waals surface area contributed by atoms with Gasteiger partial charge in [0, 0.05) is 6.21 Å².